The molecule has 0 bridgehead atoms. The van der Waals surface area contributed by atoms with Crippen molar-refractivity contribution in [3.8, 4) is 0 Å². The molecule has 0 aliphatic carbocycles. The molecule has 82 valence electrons. The Morgan fingerprint density at radius 2 is 2.13 bits per heavy atom. The smallest absolute Gasteiger partial charge is 0.399 e. The van der Waals surface area contributed by atoms with Crippen LogP contribution in [-0.4, -0.2) is 36.2 Å². The normalized spacial score (nSPS) is 29.3. The highest BCUT2D eigenvalue weighted by Crippen LogP contribution is 2.27. The zero-order valence-electron chi connectivity index (χ0n) is 7.65. The van der Waals surface area contributed by atoms with Crippen molar-refractivity contribution < 1.29 is 13.2 Å². The van der Waals surface area contributed by atoms with E-state index >= 15 is 0 Å². The van der Waals surface area contributed by atoms with E-state index < -0.39 is 18.8 Å². The molecule has 0 aromatic rings. The SMILES string of the molecule is NC1=CN=CC2C=NN(CC(F)(F)F)C12. The fourth-order valence-electron chi connectivity index (χ4n) is 1.66. The Bertz CT molecular complexity index is 344. The monoisotopic (exact) mass is 218 g/mol. The predicted octanol–water partition coefficient (Wildman–Crippen LogP) is 0.719. The van der Waals surface area contributed by atoms with E-state index in [4.69, 9.17) is 5.73 Å². The lowest BCUT2D eigenvalue weighted by Crippen LogP contribution is -2.43. The Morgan fingerprint density at radius 3 is 2.80 bits per heavy atom. The quantitative estimate of drug-likeness (QED) is 0.705. The molecule has 2 atom stereocenters. The fraction of sp³-hybridized carbons (Fsp3) is 0.500. The average Bonchev–Trinajstić information content (AvgIpc) is 2.47. The Balaban J connectivity index is 2.14. The molecule has 2 rings (SSSR count). The molecule has 0 saturated heterocycles. The first-order valence-corrected chi connectivity index (χ1v) is 4.34. The highest BCUT2D eigenvalue weighted by Gasteiger charge is 2.40. The van der Waals surface area contributed by atoms with Crippen LogP contribution in [0, 0.1) is 5.92 Å². The molecular weight excluding hydrogens is 209 g/mol. The van der Waals surface area contributed by atoms with Crippen LogP contribution in [0.15, 0.2) is 22.0 Å². The van der Waals surface area contributed by atoms with Crippen LogP contribution in [0.2, 0.25) is 0 Å². The summed E-state index contributed by atoms with van der Waals surface area (Å²) in [5, 5.41) is 4.64. The number of nitrogens with zero attached hydrogens (tertiary/aromatic N) is 3. The van der Waals surface area contributed by atoms with Gasteiger partial charge in [-0.25, -0.2) is 0 Å². The minimum absolute atomic E-state index is 0.252. The van der Waals surface area contributed by atoms with Gasteiger partial charge < -0.3 is 5.73 Å². The lowest BCUT2D eigenvalue weighted by Gasteiger charge is -2.28. The van der Waals surface area contributed by atoms with Crippen molar-refractivity contribution in [2.24, 2.45) is 21.7 Å². The fourth-order valence-corrected chi connectivity index (χ4v) is 1.66. The van der Waals surface area contributed by atoms with Gasteiger partial charge in [-0.05, 0) is 0 Å². The van der Waals surface area contributed by atoms with Crippen LogP contribution in [0.4, 0.5) is 13.2 Å². The van der Waals surface area contributed by atoms with Crippen molar-refractivity contribution in [3.05, 3.63) is 11.9 Å². The van der Waals surface area contributed by atoms with Gasteiger partial charge in [-0.2, -0.15) is 18.3 Å². The second-order valence-corrected chi connectivity index (χ2v) is 3.43. The van der Waals surface area contributed by atoms with Crippen LogP contribution in [0.3, 0.4) is 0 Å². The second-order valence-electron chi connectivity index (χ2n) is 3.43. The molecule has 7 heteroatoms. The molecule has 2 heterocycles. The molecule has 0 fully saturated rings. The third-order valence-electron chi connectivity index (χ3n) is 2.24. The van der Waals surface area contributed by atoms with Crippen LogP contribution in [0.1, 0.15) is 0 Å². The van der Waals surface area contributed by atoms with Crippen LogP contribution in [0.25, 0.3) is 0 Å². The number of aliphatic imine (C=N–C) groups is 1. The Morgan fingerprint density at radius 1 is 1.40 bits per heavy atom. The zero-order valence-corrected chi connectivity index (χ0v) is 7.65. The van der Waals surface area contributed by atoms with Gasteiger partial charge in [0.15, 0.2) is 0 Å². The molecule has 0 radical (unpaired) electrons. The predicted molar refractivity (Wildman–Crippen MR) is 49.3 cm³/mol. The number of hydrogen-bond donors (Lipinski definition) is 1. The summed E-state index contributed by atoms with van der Waals surface area (Å²) in [6, 6.07) is -0.538. The number of hydrazone groups is 1. The van der Waals surface area contributed by atoms with Gasteiger partial charge >= 0.3 is 6.18 Å². The van der Waals surface area contributed by atoms with Crippen molar-refractivity contribution in [1.29, 1.82) is 0 Å². The summed E-state index contributed by atoms with van der Waals surface area (Å²) in [6.07, 6.45) is 0.0565. The van der Waals surface area contributed by atoms with E-state index in [0.29, 0.717) is 5.70 Å². The highest BCUT2D eigenvalue weighted by atomic mass is 19.4. The first-order valence-electron chi connectivity index (χ1n) is 4.34. The average molecular weight is 218 g/mol. The van der Waals surface area contributed by atoms with Gasteiger partial charge in [0.2, 0.25) is 0 Å². The molecule has 15 heavy (non-hydrogen) atoms. The Labute approximate surface area is 83.9 Å². The maximum absolute atomic E-state index is 12.2. The number of nitrogens with two attached hydrogens (primary N) is 1. The van der Waals surface area contributed by atoms with Crippen molar-refractivity contribution in [3.63, 3.8) is 0 Å². The van der Waals surface area contributed by atoms with Gasteiger partial charge in [-0.1, -0.05) is 0 Å². The van der Waals surface area contributed by atoms with E-state index in [9.17, 15) is 13.2 Å². The van der Waals surface area contributed by atoms with E-state index in [1.807, 2.05) is 0 Å². The summed E-state index contributed by atoms with van der Waals surface area (Å²) < 4.78 is 36.6. The zero-order chi connectivity index (χ0) is 11.1. The van der Waals surface area contributed by atoms with Gasteiger partial charge in [-0.3, -0.25) is 10.0 Å². The topological polar surface area (TPSA) is 54.0 Å². The van der Waals surface area contributed by atoms with Crippen LogP contribution >= 0.6 is 0 Å². The summed E-state index contributed by atoms with van der Waals surface area (Å²) in [6.45, 7) is -1.09. The van der Waals surface area contributed by atoms with Crippen molar-refractivity contribution in [1.82, 2.24) is 5.01 Å². The van der Waals surface area contributed by atoms with Crippen LogP contribution in [0.5, 0.6) is 0 Å². The van der Waals surface area contributed by atoms with Gasteiger partial charge in [0.1, 0.15) is 12.6 Å². The van der Waals surface area contributed by atoms with Crippen LogP contribution in [-0.2, 0) is 0 Å². The molecule has 2 N–H and O–H groups in total. The molecule has 0 spiro atoms. The number of halogens is 3. The Kier molecular flexibility index (Phi) is 2.17. The second kappa shape index (κ2) is 3.25. The van der Waals surface area contributed by atoms with E-state index in [1.54, 1.807) is 6.21 Å². The maximum Gasteiger partial charge on any atom is 0.407 e. The largest absolute Gasteiger partial charge is 0.407 e. The van der Waals surface area contributed by atoms with Gasteiger partial charge in [0.25, 0.3) is 0 Å². The molecule has 0 saturated carbocycles. The number of hydrogen-bond acceptors (Lipinski definition) is 4. The summed E-state index contributed by atoms with van der Waals surface area (Å²) >= 11 is 0. The summed E-state index contributed by atoms with van der Waals surface area (Å²) in [4.78, 5) is 3.82. The Hall–Kier alpha value is -1.53. The standard InChI is InChI=1S/C8H9F3N4/c9-8(10,11)4-15-7-5(2-14-15)1-13-3-6(7)12/h1-3,5,7H,4,12H2. The minimum atomic E-state index is -4.28. The van der Waals surface area contributed by atoms with Gasteiger partial charge in [-0.15, -0.1) is 0 Å². The lowest BCUT2D eigenvalue weighted by atomic mass is 9.99. The van der Waals surface area contributed by atoms with Crippen LogP contribution < -0.4 is 5.73 Å². The van der Waals surface area contributed by atoms with Crippen molar-refractivity contribution in [2.45, 2.75) is 12.2 Å². The number of alkyl halides is 3. The molecule has 0 amide bonds. The minimum Gasteiger partial charge on any atom is -0.399 e. The molecule has 2 unspecified atom stereocenters. The molecule has 0 aromatic heterocycles. The number of fused-ring (bicyclic) bond motifs is 1. The van der Waals surface area contributed by atoms with E-state index in [-0.39, 0.29) is 5.92 Å². The molecule has 0 aromatic carbocycles. The van der Waals surface area contributed by atoms with Gasteiger partial charge in [0.05, 0.1) is 11.6 Å². The highest BCUT2D eigenvalue weighted by molar-refractivity contribution is 5.87. The van der Waals surface area contributed by atoms with Crippen molar-refractivity contribution >= 4 is 12.4 Å². The van der Waals surface area contributed by atoms with E-state index in [2.05, 4.69) is 10.1 Å². The summed E-state index contributed by atoms with van der Waals surface area (Å²) in [5.74, 6) is -0.252. The first kappa shape index (κ1) is 10.0. The van der Waals surface area contributed by atoms with E-state index in [1.165, 1.54) is 12.4 Å². The molecular formula is C8H9F3N4. The molecule has 2 aliphatic rings. The summed E-state index contributed by atoms with van der Waals surface area (Å²) in [5.41, 5.74) is 5.90. The molecule has 4 nitrogen and oxygen atoms in total. The maximum atomic E-state index is 12.2. The third-order valence-corrected chi connectivity index (χ3v) is 2.24. The number of rotatable bonds is 1. The summed E-state index contributed by atoms with van der Waals surface area (Å²) in [7, 11) is 0. The van der Waals surface area contributed by atoms with Crippen molar-refractivity contribution in [2.75, 3.05) is 6.54 Å². The third kappa shape index (κ3) is 1.95. The molecule has 2 aliphatic heterocycles. The lowest BCUT2D eigenvalue weighted by molar-refractivity contribution is -0.148. The van der Waals surface area contributed by atoms with E-state index in [0.717, 1.165) is 5.01 Å². The van der Waals surface area contributed by atoms with Gasteiger partial charge in [0, 0.05) is 18.6 Å². The first-order chi connectivity index (χ1) is 6.97.